The Hall–Kier alpha value is -2.11. The quantitative estimate of drug-likeness (QED) is 0.651. The van der Waals surface area contributed by atoms with Crippen LogP contribution in [0.3, 0.4) is 0 Å². The van der Waals surface area contributed by atoms with E-state index in [1.807, 2.05) is 24.3 Å². The highest BCUT2D eigenvalue weighted by Gasteiger charge is 2.32. The second-order valence-electron chi connectivity index (χ2n) is 6.19. The Labute approximate surface area is 151 Å². The zero-order valence-corrected chi connectivity index (χ0v) is 15.0. The Kier molecular flexibility index (Phi) is 5.25. The summed E-state index contributed by atoms with van der Waals surface area (Å²) in [6, 6.07) is 7.55. The molecule has 0 spiro atoms. The van der Waals surface area contributed by atoms with Gasteiger partial charge in [0.2, 0.25) is 0 Å². The van der Waals surface area contributed by atoms with Crippen molar-refractivity contribution in [2.45, 2.75) is 25.7 Å². The maximum absolute atomic E-state index is 12.6. The molecule has 3 rings (SSSR count). The van der Waals surface area contributed by atoms with Crippen LogP contribution in [0.15, 0.2) is 24.3 Å². The van der Waals surface area contributed by atoms with Crippen LogP contribution in [-0.2, 0) is 15.9 Å². The lowest BCUT2D eigenvalue weighted by Gasteiger charge is -2.22. The summed E-state index contributed by atoms with van der Waals surface area (Å²) in [6.07, 6.45) is 1.10. The van der Waals surface area contributed by atoms with Crippen molar-refractivity contribution in [1.29, 1.82) is 0 Å². The predicted molar refractivity (Wildman–Crippen MR) is 94.5 cm³/mol. The summed E-state index contributed by atoms with van der Waals surface area (Å²) in [5.41, 5.74) is 3.51. The number of Topliss-reactive ketones (excluding diaryl/α,β-unsaturated/α-hetero) is 1. The minimum absolute atomic E-state index is 0.0471. The smallest absolute Gasteiger partial charge is 0.355 e. The molecule has 1 aromatic heterocycles. The van der Waals surface area contributed by atoms with Gasteiger partial charge in [0.25, 0.3) is 0 Å². The molecule has 0 saturated carbocycles. The molecular formula is C19H20ClNO4. The zero-order chi connectivity index (χ0) is 18.0. The highest BCUT2D eigenvalue weighted by Crippen LogP contribution is 2.35. The molecule has 0 fully saturated rings. The van der Waals surface area contributed by atoms with E-state index < -0.39 is 5.97 Å². The van der Waals surface area contributed by atoms with E-state index in [2.05, 4.69) is 4.98 Å². The van der Waals surface area contributed by atoms with E-state index in [0.29, 0.717) is 41.3 Å². The number of halogens is 1. The molecule has 25 heavy (non-hydrogen) atoms. The molecule has 132 valence electrons. The van der Waals surface area contributed by atoms with E-state index >= 15 is 0 Å². The van der Waals surface area contributed by atoms with E-state index in [1.165, 1.54) is 0 Å². The second-order valence-corrected chi connectivity index (χ2v) is 6.62. The maximum atomic E-state index is 12.6. The molecule has 6 heteroatoms. The first kappa shape index (κ1) is 17.7. The molecule has 1 aliphatic rings. The molecule has 0 bridgehead atoms. The summed E-state index contributed by atoms with van der Waals surface area (Å²) in [5, 5.41) is 0.670. The van der Waals surface area contributed by atoms with Crippen molar-refractivity contribution in [1.82, 2.24) is 4.98 Å². The van der Waals surface area contributed by atoms with Gasteiger partial charge < -0.3 is 14.5 Å². The van der Waals surface area contributed by atoms with Crippen molar-refractivity contribution in [2.75, 3.05) is 20.3 Å². The molecular weight excluding hydrogens is 342 g/mol. The number of H-pyrrole nitrogens is 1. The number of esters is 1. The molecule has 0 amide bonds. The van der Waals surface area contributed by atoms with Crippen LogP contribution in [-0.4, -0.2) is 37.1 Å². The number of aromatic amines is 1. The highest BCUT2D eigenvalue weighted by atomic mass is 35.5. The van der Waals surface area contributed by atoms with Crippen LogP contribution in [0.1, 0.15) is 50.0 Å². The van der Waals surface area contributed by atoms with Gasteiger partial charge >= 0.3 is 5.97 Å². The number of rotatable bonds is 5. The van der Waals surface area contributed by atoms with E-state index in [0.717, 1.165) is 11.3 Å². The Morgan fingerprint density at radius 2 is 1.96 bits per heavy atom. The van der Waals surface area contributed by atoms with Gasteiger partial charge in [-0.05, 0) is 42.5 Å². The summed E-state index contributed by atoms with van der Waals surface area (Å²) < 4.78 is 10.0. The third kappa shape index (κ3) is 3.62. The third-order valence-corrected chi connectivity index (χ3v) is 4.81. The Morgan fingerprint density at radius 3 is 2.64 bits per heavy atom. The molecule has 1 atom stereocenters. The van der Waals surface area contributed by atoms with Crippen molar-refractivity contribution >= 4 is 23.4 Å². The highest BCUT2D eigenvalue weighted by molar-refractivity contribution is 6.30. The normalized spacial score (nSPS) is 16.6. The van der Waals surface area contributed by atoms with Gasteiger partial charge in [0, 0.05) is 29.8 Å². The fourth-order valence-corrected chi connectivity index (χ4v) is 3.42. The fourth-order valence-electron chi connectivity index (χ4n) is 3.30. The first-order chi connectivity index (χ1) is 12.0. The Balaban J connectivity index is 1.84. The van der Waals surface area contributed by atoms with Crippen LogP contribution in [0.25, 0.3) is 0 Å². The topological polar surface area (TPSA) is 68.4 Å². The summed E-state index contributed by atoms with van der Waals surface area (Å²) in [5.74, 6) is -0.335. The molecule has 1 N–H and O–H groups in total. The molecule has 1 aromatic carbocycles. The number of hydrogen-bond acceptors (Lipinski definition) is 4. The molecule has 5 nitrogen and oxygen atoms in total. The van der Waals surface area contributed by atoms with Gasteiger partial charge in [0.15, 0.2) is 5.78 Å². The Bertz CT molecular complexity index is 795. The van der Waals surface area contributed by atoms with Crippen LogP contribution < -0.4 is 0 Å². The van der Waals surface area contributed by atoms with Gasteiger partial charge in [-0.3, -0.25) is 4.79 Å². The van der Waals surface area contributed by atoms with Gasteiger partial charge in [-0.25, -0.2) is 4.79 Å². The van der Waals surface area contributed by atoms with E-state index in [4.69, 9.17) is 21.1 Å². The molecule has 1 aliphatic carbocycles. The summed E-state index contributed by atoms with van der Waals surface area (Å²) in [7, 11) is 1.54. The lowest BCUT2D eigenvalue weighted by Crippen LogP contribution is -2.18. The SMILES string of the molecule is COCCOC(=O)c1[nH]c2c(c1C)C(=O)CC(c1ccc(Cl)cc1)C2. The van der Waals surface area contributed by atoms with Crippen molar-refractivity contribution in [3.8, 4) is 0 Å². The largest absolute Gasteiger partial charge is 0.459 e. The molecule has 0 aliphatic heterocycles. The van der Waals surface area contributed by atoms with Crippen LogP contribution >= 0.6 is 11.6 Å². The maximum Gasteiger partial charge on any atom is 0.355 e. The van der Waals surface area contributed by atoms with Crippen molar-refractivity contribution in [3.63, 3.8) is 0 Å². The van der Waals surface area contributed by atoms with Crippen LogP contribution in [0.5, 0.6) is 0 Å². The van der Waals surface area contributed by atoms with Crippen LogP contribution in [0, 0.1) is 6.92 Å². The minimum atomic E-state index is -0.459. The minimum Gasteiger partial charge on any atom is -0.459 e. The van der Waals surface area contributed by atoms with E-state index in [9.17, 15) is 9.59 Å². The number of methoxy groups -OCH3 is 1. The molecule has 0 radical (unpaired) electrons. The lowest BCUT2D eigenvalue weighted by molar-refractivity contribution is 0.0381. The molecule has 2 aromatic rings. The summed E-state index contributed by atoms with van der Waals surface area (Å²) in [6.45, 7) is 2.30. The van der Waals surface area contributed by atoms with Gasteiger partial charge in [0.1, 0.15) is 12.3 Å². The average molecular weight is 362 g/mol. The van der Waals surface area contributed by atoms with Gasteiger partial charge in [-0.2, -0.15) is 0 Å². The number of benzene rings is 1. The fraction of sp³-hybridized carbons (Fsp3) is 0.368. The van der Waals surface area contributed by atoms with E-state index in [-0.39, 0.29) is 18.3 Å². The van der Waals surface area contributed by atoms with Crippen molar-refractivity contribution in [3.05, 3.63) is 57.4 Å². The number of fused-ring (bicyclic) bond motifs is 1. The van der Waals surface area contributed by atoms with Gasteiger partial charge in [-0.1, -0.05) is 23.7 Å². The van der Waals surface area contributed by atoms with Crippen molar-refractivity contribution < 1.29 is 19.1 Å². The van der Waals surface area contributed by atoms with E-state index in [1.54, 1.807) is 14.0 Å². The van der Waals surface area contributed by atoms with Crippen molar-refractivity contribution in [2.24, 2.45) is 0 Å². The molecule has 1 heterocycles. The van der Waals surface area contributed by atoms with Gasteiger partial charge in [-0.15, -0.1) is 0 Å². The number of carbonyl (C=O) groups is 2. The average Bonchev–Trinajstić information content (AvgIpc) is 2.93. The number of nitrogens with one attached hydrogen (secondary N) is 1. The second kappa shape index (κ2) is 7.42. The van der Waals surface area contributed by atoms with Crippen LogP contribution in [0.4, 0.5) is 0 Å². The zero-order valence-electron chi connectivity index (χ0n) is 14.2. The molecule has 1 unspecified atom stereocenters. The number of aromatic nitrogens is 1. The monoisotopic (exact) mass is 361 g/mol. The Morgan fingerprint density at radius 1 is 1.24 bits per heavy atom. The lowest BCUT2D eigenvalue weighted by atomic mass is 9.81. The predicted octanol–water partition coefficient (Wildman–Crippen LogP) is 3.69. The van der Waals surface area contributed by atoms with Crippen LogP contribution in [0.2, 0.25) is 5.02 Å². The number of ether oxygens (including phenoxy) is 2. The van der Waals surface area contributed by atoms with Gasteiger partial charge in [0.05, 0.1) is 6.61 Å². The molecule has 0 saturated heterocycles. The standard InChI is InChI=1S/C19H20ClNO4/c1-11-17-15(21-18(11)19(23)25-8-7-24-2)9-13(10-16(17)22)12-3-5-14(20)6-4-12/h3-6,13,21H,7-10H2,1-2H3. The number of hydrogen-bond donors (Lipinski definition) is 1. The number of ketones is 1. The summed E-state index contributed by atoms with van der Waals surface area (Å²) >= 11 is 5.94. The number of carbonyl (C=O) groups excluding carboxylic acids is 2. The summed E-state index contributed by atoms with van der Waals surface area (Å²) in [4.78, 5) is 28.0. The first-order valence-electron chi connectivity index (χ1n) is 8.17. The first-order valence-corrected chi connectivity index (χ1v) is 8.55. The third-order valence-electron chi connectivity index (χ3n) is 4.55.